The summed E-state index contributed by atoms with van der Waals surface area (Å²) in [4.78, 5) is 30.6. The van der Waals surface area contributed by atoms with Crippen LogP contribution in [0.1, 0.15) is 43.5 Å². The van der Waals surface area contributed by atoms with Crippen molar-refractivity contribution in [2.24, 2.45) is 0 Å². The SMILES string of the molecule is CC(=O)N1CC=C(c2nc3c(C#N)c[nH]n3c(=O)c2C(C)C)C1. The maximum atomic E-state index is 12.8. The van der Waals surface area contributed by atoms with Crippen LogP contribution in [-0.2, 0) is 4.79 Å². The van der Waals surface area contributed by atoms with E-state index in [0.29, 0.717) is 35.6 Å². The van der Waals surface area contributed by atoms with Crippen LogP contribution in [0.5, 0.6) is 0 Å². The van der Waals surface area contributed by atoms with Crippen LogP contribution in [0.15, 0.2) is 17.1 Å². The Morgan fingerprint density at radius 2 is 2.22 bits per heavy atom. The Kier molecular flexibility index (Phi) is 3.52. The predicted molar refractivity (Wildman–Crippen MR) is 84.8 cm³/mol. The molecular formula is C16H17N5O2. The van der Waals surface area contributed by atoms with E-state index in [-0.39, 0.29) is 17.4 Å². The Labute approximate surface area is 132 Å². The highest BCUT2D eigenvalue weighted by atomic mass is 16.2. The van der Waals surface area contributed by atoms with Gasteiger partial charge in [0, 0.05) is 31.8 Å². The van der Waals surface area contributed by atoms with Crippen molar-refractivity contribution in [3.63, 3.8) is 0 Å². The first-order chi connectivity index (χ1) is 10.9. The number of nitriles is 1. The van der Waals surface area contributed by atoms with Crippen molar-refractivity contribution in [1.29, 1.82) is 5.26 Å². The van der Waals surface area contributed by atoms with Crippen LogP contribution >= 0.6 is 0 Å². The van der Waals surface area contributed by atoms with Crippen LogP contribution in [0.25, 0.3) is 11.2 Å². The second-order valence-electron chi connectivity index (χ2n) is 5.92. The normalized spacial score (nSPS) is 14.4. The first-order valence-electron chi connectivity index (χ1n) is 7.43. The van der Waals surface area contributed by atoms with Gasteiger partial charge in [-0.3, -0.25) is 14.7 Å². The highest BCUT2D eigenvalue weighted by molar-refractivity contribution is 5.80. The summed E-state index contributed by atoms with van der Waals surface area (Å²) < 4.78 is 1.30. The van der Waals surface area contributed by atoms with Crippen LogP contribution in [0.2, 0.25) is 0 Å². The number of amides is 1. The Morgan fingerprint density at radius 1 is 1.48 bits per heavy atom. The molecule has 0 fully saturated rings. The van der Waals surface area contributed by atoms with Gasteiger partial charge in [-0.25, -0.2) is 9.50 Å². The maximum absolute atomic E-state index is 12.8. The van der Waals surface area contributed by atoms with Crippen molar-refractivity contribution < 1.29 is 4.79 Å². The summed E-state index contributed by atoms with van der Waals surface area (Å²) in [5, 5.41) is 12.0. The molecule has 0 aliphatic carbocycles. The number of fused-ring (bicyclic) bond motifs is 1. The topological polar surface area (TPSA) is 94.3 Å². The summed E-state index contributed by atoms with van der Waals surface area (Å²) >= 11 is 0. The first kappa shape index (κ1) is 15.0. The second kappa shape index (κ2) is 5.39. The molecule has 7 heteroatoms. The van der Waals surface area contributed by atoms with E-state index >= 15 is 0 Å². The van der Waals surface area contributed by atoms with Crippen molar-refractivity contribution in [3.8, 4) is 6.07 Å². The molecule has 118 valence electrons. The second-order valence-corrected chi connectivity index (χ2v) is 5.92. The Morgan fingerprint density at radius 3 is 2.78 bits per heavy atom. The van der Waals surface area contributed by atoms with Crippen molar-refractivity contribution in [2.75, 3.05) is 13.1 Å². The molecule has 0 saturated heterocycles. The molecule has 0 spiro atoms. The standard InChI is InChI=1S/C16H17N5O2/c1-9(2)13-14(11-4-5-20(8-11)10(3)22)19-15-12(6-17)7-18-21(15)16(13)23/h4,7,9,18H,5,8H2,1-3H3. The zero-order valence-corrected chi connectivity index (χ0v) is 13.3. The molecule has 2 aromatic rings. The average molecular weight is 311 g/mol. The zero-order valence-electron chi connectivity index (χ0n) is 13.3. The number of H-pyrrole nitrogens is 1. The maximum Gasteiger partial charge on any atom is 0.276 e. The minimum Gasteiger partial charge on any atom is -0.335 e. The lowest BCUT2D eigenvalue weighted by atomic mass is 9.98. The van der Waals surface area contributed by atoms with Gasteiger partial charge in [-0.1, -0.05) is 19.9 Å². The van der Waals surface area contributed by atoms with Crippen LogP contribution in [0.3, 0.4) is 0 Å². The highest BCUT2D eigenvalue weighted by Crippen LogP contribution is 2.26. The first-order valence-corrected chi connectivity index (χ1v) is 7.43. The van der Waals surface area contributed by atoms with Gasteiger partial charge in [0.05, 0.1) is 5.69 Å². The van der Waals surface area contributed by atoms with Gasteiger partial charge in [0.2, 0.25) is 5.91 Å². The van der Waals surface area contributed by atoms with Crippen LogP contribution < -0.4 is 5.56 Å². The zero-order chi connectivity index (χ0) is 16.7. The lowest BCUT2D eigenvalue weighted by Gasteiger charge is -2.16. The number of rotatable bonds is 2. The molecule has 1 aliphatic rings. The van der Waals surface area contributed by atoms with Gasteiger partial charge in [0.25, 0.3) is 5.56 Å². The number of hydrogen-bond acceptors (Lipinski definition) is 4. The summed E-state index contributed by atoms with van der Waals surface area (Å²) in [6.07, 6.45) is 3.40. The fourth-order valence-corrected chi connectivity index (χ4v) is 2.84. The molecule has 0 bridgehead atoms. The molecule has 1 aliphatic heterocycles. The molecule has 0 unspecified atom stereocenters. The van der Waals surface area contributed by atoms with Crippen LogP contribution in [-0.4, -0.2) is 38.5 Å². The number of nitrogens with zero attached hydrogens (tertiary/aromatic N) is 4. The van der Waals surface area contributed by atoms with Gasteiger partial charge in [-0.15, -0.1) is 0 Å². The number of aromatic nitrogens is 3. The van der Waals surface area contributed by atoms with E-state index in [1.54, 1.807) is 4.90 Å². The van der Waals surface area contributed by atoms with E-state index in [1.807, 2.05) is 26.0 Å². The number of nitrogens with one attached hydrogen (secondary N) is 1. The molecule has 0 saturated carbocycles. The third-order valence-corrected chi connectivity index (χ3v) is 4.06. The number of carbonyl (C=O) groups excluding carboxylic acids is 1. The third kappa shape index (κ3) is 2.32. The van der Waals surface area contributed by atoms with Gasteiger partial charge < -0.3 is 4.90 Å². The fraction of sp³-hybridized carbons (Fsp3) is 0.375. The largest absolute Gasteiger partial charge is 0.335 e. The third-order valence-electron chi connectivity index (χ3n) is 4.06. The molecule has 23 heavy (non-hydrogen) atoms. The van der Waals surface area contributed by atoms with E-state index < -0.39 is 0 Å². The number of aromatic amines is 1. The number of hydrogen-bond donors (Lipinski definition) is 1. The van der Waals surface area contributed by atoms with Crippen LogP contribution in [0, 0.1) is 11.3 Å². The van der Waals surface area contributed by atoms with E-state index in [2.05, 4.69) is 10.1 Å². The molecule has 7 nitrogen and oxygen atoms in total. The van der Waals surface area contributed by atoms with Crippen molar-refractivity contribution >= 4 is 17.1 Å². The van der Waals surface area contributed by atoms with Gasteiger partial charge in [-0.2, -0.15) is 5.26 Å². The average Bonchev–Trinajstić information content (AvgIpc) is 3.13. The fourth-order valence-electron chi connectivity index (χ4n) is 2.84. The summed E-state index contributed by atoms with van der Waals surface area (Å²) in [5.41, 5.74) is 2.47. The molecule has 3 heterocycles. The van der Waals surface area contributed by atoms with E-state index in [4.69, 9.17) is 0 Å². The summed E-state index contributed by atoms with van der Waals surface area (Å²) in [6, 6.07) is 2.03. The van der Waals surface area contributed by atoms with Gasteiger partial charge in [0.15, 0.2) is 5.65 Å². The van der Waals surface area contributed by atoms with Gasteiger partial charge >= 0.3 is 0 Å². The predicted octanol–water partition coefficient (Wildman–Crippen LogP) is 1.26. The lowest BCUT2D eigenvalue weighted by Crippen LogP contribution is -2.27. The molecule has 0 radical (unpaired) electrons. The summed E-state index contributed by atoms with van der Waals surface area (Å²) in [5.74, 6) is -0.0393. The van der Waals surface area contributed by atoms with Crippen LogP contribution in [0.4, 0.5) is 0 Å². The lowest BCUT2D eigenvalue weighted by molar-refractivity contribution is -0.127. The van der Waals surface area contributed by atoms with Crippen molar-refractivity contribution in [2.45, 2.75) is 26.7 Å². The number of carbonyl (C=O) groups is 1. The van der Waals surface area contributed by atoms with Crippen molar-refractivity contribution in [1.82, 2.24) is 19.5 Å². The smallest absolute Gasteiger partial charge is 0.276 e. The monoisotopic (exact) mass is 311 g/mol. The highest BCUT2D eigenvalue weighted by Gasteiger charge is 2.25. The molecule has 1 N–H and O–H groups in total. The Bertz CT molecular complexity index is 926. The molecule has 3 rings (SSSR count). The molecule has 0 aromatic carbocycles. The Balaban J connectivity index is 2.23. The summed E-state index contributed by atoms with van der Waals surface area (Å²) in [6.45, 7) is 6.33. The van der Waals surface area contributed by atoms with E-state index in [0.717, 1.165) is 5.57 Å². The Hall–Kier alpha value is -2.88. The molecular weight excluding hydrogens is 294 g/mol. The van der Waals surface area contributed by atoms with Gasteiger partial charge in [-0.05, 0) is 11.5 Å². The molecule has 1 amide bonds. The quantitative estimate of drug-likeness (QED) is 0.903. The minimum atomic E-state index is -0.205. The molecule has 0 atom stereocenters. The minimum absolute atomic E-state index is 0.0143. The van der Waals surface area contributed by atoms with Gasteiger partial charge in [0.1, 0.15) is 11.6 Å². The van der Waals surface area contributed by atoms with E-state index in [9.17, 15) is 14.9 Å². The molecule has 2 aromatic heterocycles. The van der Waals surface area contributed by atoms with E-state index in [1.165, 1.54) is 17.6 Å². The van der Waals surface area contributed by atoms with Crippen molar-refractivity contribution in [3.05, 3.63) is 39.4 Å². The summed E-state index contributed by atoms with van der Waals surface area (Å²) in [7, 11) is 0.